The van der Waals surface area contributed by atoms with E-state index in [2.05, 4.69) is 19.2 Å². The molecule has 0 radical (unpaired) electrons. The molecule has 1 saturated heterocycles. The van der Waals surface area contributed by atoms with Crippen LogP contribution in [0.15, 0.2) is 0 Å². The molecule has 1 heterocycles. The van der Waals surface area contributed by atoms with E-state index in [0.29, 0.717) is 6.04 Å². The largest absolute Gasteiger partial charge is 0.379 e. The molecular formula is C8H17NO. The van der Waals surface area contributed by atoms with Gasteiger partial charge in [0.2, 0.25) is 0 Å². The molecule has 1 N–H and O–H groups in total. The van der Waals surface area contributed by atoms with Crippen molar-refractivity contribution in [2.75, 3.05) is 19.8 Å². The molecule has 0 aromatic carbocycles. The van der Waals surface area contributed by atoms with E-state index in [1.165, 1.54) is 6.42 Å². The second-order valence-electron chi connectivity index (χ2n) is 3.36. The highest BCUT2D eigenvalue weighted by Gasteiger charge is 2.13. The van der Waals surface area contributed by atoms with Crippen LogP contribution in [0.1, 0.15) is 20.3 Å². The van der Waals surface area contributed by atoms with Crippen LogP contribution in [-0.4, -0.2) is 25.8 Å². The van der Waals surface area contributed by atoms with Crippen molar-refractivity contribution in [2.45, 2.75) is 26.3 Å². The molecule has 0 aliphatic carbocycles. The van der Waals surface area contributed by atoms with Crippen molar-refractivity contribution in [3.63, 3.8) is 0 Å². The van der Waals surface area contributed by atoms with E-state index in [9.17, 15) is 0 Å². The molecule has 2 heteroatoms. The Hall–Kier alpha value is -0.0800. The van der Waals surface area contributed by atoms with Gasteiger partial charge in [-0.2, -0.15) is 0 Å². The molecule has 10 heavy (non-hydrogen) atoms. The van der Waals surface area contributed by atoms with Gasteiger partial charge >= 0.3 is 0 Å². The topological polar surface area (TPSA) is 21.3 Å². The van der Waals surface area contributed by atoms with E-state index in [4.69, 9.17) is 4.74 Å². The van der Waals surface area contributed by atoms with E-state index in [0.717, 1.165) is 25.7 Å². The van der Waals surface area contributed by atoms with Crippen LogP contribution < -0.4 is 5.32 Å². The molecular weight excluding hydrogens is 126 g/mol. The fourth-order valence-corrected chi connectivity index (χ4v) is 1.34. The second-order valence-corrected chi connectivity index (χ2v) is 3.36. The van der Waals surface area contributed by atoms with Gasteiger partial charge in [-0.3, -0.25) is 0 Å². The molecule has 1 rings (SSSR count). The molecule has 2 nitrogen and oxygen atoms in total. The van der Waals surface area contributed by atoms with Gasteiger partial charge in [-0.1, -0.05) is 13.8 Å². The zero-order chi connectivity index (χ0) is 7.40. The van der Waals surface area contributed by atoms with Crippen molar-refractivity contribution in [1.29, 1.82) is 0 Å². The SMILES string of the molecule is CC(C)C[C@@H]1COCCN1. The summed E-state index contributed by atoms with van der Waals surface area (Å²) >= 11 is 0. The molecule has 0 aromatic heterocycles. The molecule has 1 aliphatic heterocycles. The summed E-state index contributed by atoms with van der Waals surface area (Å²) in [5.74, 6) is 0.777. The summed E-state index contributed by atoms with van der Waals surface area (Å²) in [6.45, 7) is 7.30. The molecule has 0 saturated carbocycles. The van der Waals surface area contributed by atoms with Crippen molar-refractivity contribution in [3.8, 4) is 0 Å². The molecule has 60 valence electrons. The minimum Gasteiger partial charge on any atom is -0.379 e. The first-order valence-electron chi connectivity index (χ1n) is 4.10. The van der Waals surface area contributed by atoms with Gasteiger partial charge in [-0.15, -0.1) is 0 Å². The maximum atomic E-state index is 5.32. The van der Waals surface area contributed by atoms with Gasteiger partial charge in [0.05, 0.1) is 13.2 Å². The van der Waals surface area contributed by atoms with Crippen LogP contribution in [0.25, 0.3) is 0 Å². The van der Waals surface area contributed by atoms with Crippen LogP contribution in [0, 0.1) is 5.92 Å². The number of morpholine rings is 1. The first-order chi connectivity index (χ1) is 4.79. The van der Waals surface area contributed by atoms with Gasteiger partial charge in [0, 0.05) is 12.6 Å². The molecule has 0 bridgehead atoms. The van der Waals surface area contributed by atoms with Crippen LogP contribution in [0.2, 0.25) is 0 Å². The van der Waals surface area contributed by atoms with Crippen LogP contribution in [0.5, 0.6) is 0 Å². The highest BCUT2D eigenvalue weighted by Crippen LogP contribution is 2.06. The molecule has 0 spiro atoms. The number of ether oxygens (including phenoxy) is 1. The molecule has 1 fully saturated rings. The van der Waals surface area contributed by atoms with Crippen LogP contribution in [0.4, 0.5) is 0 Å². The van der Waals surface area contributed by atoms with Gasteiger partial charge in [0.15, 0.2) is 0 Å². The van der Waals surface area contributed by atoms with Crippen LogP contribution in [0.3, 0.4) is 0 Å². The Bertz CT molecular complexity index is 87.3. The lowest BCUT2D eigenvalue weighted by Crippen LogP contribution is -2.41. The van der Waals surface area contributed by atoms with E-state index < -0.39 is 0 Å². The summed E-state index contributed by atoms with van der Waals surface area (Å²) < 4.78 is 5.32. The molecule has 1 atom stereocenters. The minimum atomic E-state index is 0.605. The Labute approximate surface area is 63.0 Å². The first kappa shape index (κ1) is 8.02. The highest BCUT2D eigenvalue weighted by molar-refractivity contribution is 4.70. The Morgan fingerprint density at radius 2 is 2.40 bits per heavy atom. The van der Waals surface area contributed by atoms with Crippen molar-refractivity contribution in [3.05, 3.63) is 0 Å². The van der Waals surface area contributed by atoms with Gasteiger partial charge < -0.3 is 10.1 Å². The molecule has 0 aromatic rings. The van der Waals surface area contributed by atoms with E-state index >= 15 is 0 Å². The monoisotopic (exact) mass is 143 g/mol. The Kier molecular flexibility index (Phi) is 3.16. The van der Waals surface area contributed by atoms with E-state index in [1.807, 2.05) is 0 Å². The summed E-state index contributed by atoms with van der Waals surface area (Å²) in [7, 11) is 0. The molecule has 0 amide bonds. The van der Waals surface area contributed by atoms with Crippen LogP contribution in [-0.2, 0) is 4.74 Å². The summed E-state index contributed by atoms with van der Waals surface area (Å²) in [6.07, 6.45) is 1.24. The third-order valence-corrected chi connectivity index (χ3v) is 1.75. The van der Waals surface area contributed by atoms with Crippen LogP contribution >= 0.6 is 0 Å². The Morgan fingerprint density at radius 3 is 2.90 bits per heavy atom. The third-order valence-electron chi connectivity index (χ3n) is 1.75. The maximum absolute atomic E-state index is 5.32. The molecule has 1 aliphatic rings. The fourth-order valence-electron chi connectivity index (χ4n) is 1.34. The average molecular weight is 143 g/mol. The zero-order valence-corrected chi connectivity index (χ0v) is 6.89. The van der Waals surface area contributed by atoms with Crippen molar-refractivity contribution in [2.24, 2.45) is 5.92 Å². The smallest absolute Gasteiger partial charge is 0.0620 e. The van der Waals surface area contributed by atoms with E-state index in [1.54, 1.807) is 0 Å². The number of nitrogens with one attached hydrogen (secondary N) is 1. The first-order valence-corrected chi connectivity index (χ1v) is 4.10. The summed E-state index contributed by atoms with van der Waals surface area (Å²) in [5.41, 5.74) is 0. The standard InChI is InChI=1S/C8H17NO/c1-7(2)5-8-6-10-4-3-9-8/h7-9H,3-6H2,1-2H3/t8-/m1/s1. The normalized spacial score (nSPS) is 27.3. The maximum Gasteiger partial charge on any atom is 0.0620 e. The van der Waals surface area contributed by atoms with E-state index in [-0.39, 0.29) is 0 Å². The Balaban J connectivity index is 2.13. The fraction of sp³-hybridized carbons (Fsp3) is 1.00. The lowest BCUT2D eigenvalue weighted by molar-refractivity contribution is 0.0702. The minimum absolute atomic E-state index is 0.605. The van der Waals surface area contributed by atoms with Crippen molar-refractivity contribution >= 4 is 0 Å². The second kappa shape index (κ2) is 3.94. The summed E-state index contributed by atoms with van der Waals surface area (Å²) in [6, 6.07) is 0.605. The van der Waals surface area contributed by atoms with Crippen molar-refractivity contribution < 1.29 is 4.74 Å². The van der Waals surface area contributed by atoms with Gasteiger partial charge in [-0.25, -0.2) is 0 Å². The van der Waals surface area contributed by atoms with Gasteiger partial charge in [-0.05, 0) is 12.3 Å². The third kappa shape index (κ3) is 2.67. The summed E-state index contributed by atoms with van der Waals surface area (Å²) in [5, 5.41) is 3.43. The Morgan fingerprint density at radius 1 is 1.60 bits per heavy atom. The molecule has 0 unspecified atom stereocenters. The number of hydrogen-bond acceptors (Lipinski definition) is 2. The van der Waals surface area contributed by atoms with Gasteiger partial charge in [0.1, 0.15) is 0 Å². The zero-order valence-electron chi connectivity index (χ0n) is 6.89. The van der Waals surface area contributed by atoms with Gasteiger partial charge in [0.25, 0.3) is 0 Å². The van der Waals surface area contributed by atoms with Crippen molar-refractivity contribution in [1.82, 2.24) is 5.32 Å². The summed E-state index contributed by atoms with van der Waals surface area (Å²) in [4.78, 5) is 0. The average Bonchev–Trinajstić information content (AvgIpc) is 1.88. The number of hydrogen-bond donors (Lipinski definition) is 1. The highest BCUT2D eigenvalue weighted by atomic mass is 16.5. The lowest BCUT2D eigenvalue weighted by Gasteiger charge is -2.24. The number of rotatable bonds is 2. The lowest BCUT2D eigenvalue weighted by atomic mass is 10.0. The quantitative estimate of drug-likeness (QED) is 0.623. The predicted octanol–water partition coefficient (Wildman–Crippen LogP) is 1.02. The predicted molar refractivity (Wildman–Crippen MR) is 42.1 cm³/mol.